The average Bonchev–Trinajstić information content (AvgIpc) is 2.93. The monoisotopic (exact) mass is 366 g/mol. The number of benzene rings is 1. The molecule has 0 amide bonds. The zero-order chi connectivity index (χ0) is 16.0. The van der Waals surface area contributed by atoms with Crippen LogP contribution >= 0.6 is 15.9 Å². The largest absolute Gasteiger partial charge is 0.453 e. The summed E-state index contributed by atoms with van der Waals surface area (Å²) in [6, 6.07) is 10.2. The van der Waals surface area contributed by atoms with E-state index < -0.39 is 0 Å². The van der Waals surface area contributed by atoms with E-state index >= 15 is 0 Å². The molecule has 0 saturated carbocycles. The number of rotatable bonds is 2. The highest BCUT2D eigenvalue weighted by Crippen LogP contribution is 2.39. The molecule has 3 nitrogen and oxygen atoms in total. The van der Waals surface area contributed by atoms with Crippen molar-refractivity contribution >= 4 is 38.0 Å². The summed E-state index contributed by atoms with van der Waals surface area (Å²) in [6.45, 7) is 4.21. The van der Waals surface area contributed by atoms with Gasteiger partial charge in [-0.3, -0.25) is 9.97 Å². The Kier molecular flexibility index (Phi) is 3.42. The molecule has 3 aromatic heterocycles. The van der Waals surface area contributed by atoms with Gasteiger partial charge in [-0.15, -0.1) is 0 Å². The number of hydrogen-bond acceptors (Lipinski definition) is 3. The maximum atomic E-state index is 6.27. The maximum absolute atomic E-state index is 6.27. The molecule has 4 rings (SSSR count). The summed E-state index contributed by atoms with van der Waals surface area (Å²) < 4.78 is 6.27. The second-order valence-electron chi connectivity index (χ2n) is 5.73. The summed E-state index contributed by atoms with van der Waals surface area (Å²) in [6.07, 6.45) is 5.45. The van der Waals surface area contributed by atoms with Crippen molar-refractivity contribution in [1.82, 2.24) is 9.97 Å². The molecule has 1 atom stereocenters. The molecule has 0 fully saturated rings. The first-order valence-electron chi connectivity index (χ1n) is 7.51. The first-order chi connectivity index (χ1) is 11.1. The molecule has 0 saturated heterocycles. The third-order valence-corrected chi connectivity index (χ3v) is 4.52. The lowest BCUT2D eigenvalue weighted by molar-refractivity contribution is 0.663. The minimum atomic E-state index is 0.215. The third kappa shape index (κ3) is 2.34. The van der Waals surface area contributed by atoms with Crippen molar-refractivity contribution < 1.29 is 4.42 Å². The van der Waals surface area contributed by atoms with E-state index in [1.165, 1.54) is 5.56 Å². The molecule has 0 radical (unpaired) electrons. The molecule has 1 unspecified atom stereocenters. The highest BCUT2D eigenvalue weighted by Gasteiger charge is 2.18. The van der Waals surface area contributed by atoms with Crippen molar-refractivity contribution in [2.75, 3.05) is 0 Å². The second kappa shape index (κ2) is 5.46. The highest BCUT2D eigenvalue weighted by atomic mass is 79.9. The molecule has 4 aromatic rings. The Morgan fingerprint density at radius 3 is 2.74 bits per heavy atom. The molecular formula is C19H15BrN2O. The number of furan rings is 1. The van der Waals surface area contributed by atoms with E-state index in [2.05, 4.69) is 51.9 Å². The number of pyridine rings is 2. The van der Waals surface area contributed by atoms with E-state index in [-0.39, 0.29) is 4.83 Å². The van der Waals surface area contributed by atoms with Gasteiger partial charge in [0, 0.05) is 45.5 Å². The van der Waals surface area contributed by atoms with Crippen LogP contribution in [0.5, 0.6) is 0 Å². The molecule has 3 heterocycles. The number of hydrogen-bond donors (Lipinski definition) is 0. The minimum absolute atomic E-state index is 0.215. The van der Waals surface area contributed by atoms with Crippen molar-refractivity contribution in [2.45, 2.75) is 18.7 Å². The fraction of sp³-hybridized carbons (Fsp3) is 0.158. The summed E-state index contributed by atoms with van der Waals surface area (Å²) in [5.41, 5.74) is 7.02. The first-order valence-corrected chi connectivity index (χ1v) is 8.43. The van der Waals surface area contributed by atoms with Gasteiger partial charge < -0.3 is 4.42 Å². The van der Waals surface area contributed by atoms with Crippen LogP contribution < -0.4 is 0 Å². The zero-order valence-corrected chi connectivity index (χ0v) is 14.5. The van der Waals surface area contributed by atoms with E-state index in [1.807, 2.05) is 30.6 Å². The number of aryl methyl sites for hydroxylation is 1. The quantitative estimate of drug-likeness (QED) is 0.420. The highest BCUT2D eigenvalue weighted by molar-refractivity contribution is 9.09. The molecular weight excluding hydrogens is 352 g/mol. The van der Waals surface area contributed by atoms with Gasteiger partial charge in [-0.25, -0.2) is 0 Å². The van der Waals surface area contributed by atoms with Gasteiger partial charge in [0.05, 0.1) is 0 Å². The number of fused-ring (bicyclic) bond motifs is 3. The summed E-state index contributed by atoms with van der Waals surface area (Å²) in [7, 11) is 0. The molecule has 1 aromatic carbocycles. The van der Waals surface area contributed by atoms with Crippen LogP contribution in [0.25, 0.3) is 33.2 Å². The van der Waals surface area contributed by atoms with E-state index in [0.717, 1.165) is 38.8 Å². The van der Waals surface area contributed by atoms with Crippen molar-refractivity contribution in [2.24, 2.45) is 0 Å². The standard InChI is InChI=1S/C19H15BrN2O/c1-11-8-15(12(2)20)18-16(9-11)17-19(23-18)14(5-7-22-17)13-4-3-6-21-10-13/h3-10,12H,1-2H3. The fourth-order valence-electron chi connectivity index (χ4n) is 2.98. The average molecular weight is 367 g/mol. The molecule has 0 aliphatic heterocycles. The molecule has 4 heteroatoms. The number of alkyl halides is 1. The van der Waals surface area contributed by atoms with Gasteiger partial charge in [-0.2, -0.15) is 0 Å². The predicted octanol–water partition coefficient (Wildman–Crippen LogP) is 5.81. The fourth-order valence-corrected chi connectivity index (χ4v) is 3.32. The Balaban J connectivity index is 2.12. The number of nitrogens with zero attached hydrogens (tertiary/aromatic N) is 2. The molecule has 23 heavy (non-hydrogen) atoms. The summed E-state index contributed by atoms with van der Waals surface area (Å²) in [5.74, 6) is 0. The van der Waals surface area contributed by atoms with E-state index in [4.69, 9.17) is 4.42 Å². The van der Waals surface area contributed by atoms with Gasteiger partial charge in [-0.1, -0.05) is 28.1 Å². The lowest BCUT2D eigenvalue weighted by Gasteiger charge is -2.05. The first kappa shape index (κ1) is 14.4. The summed E-state index contributed by atoms with van der Waals surface area (Å²) in [4.78, 5) is 8.99. The van der Waals surface area contributed by atoms with Crippen LogP contribution in [0.2, 0.25) is 0 Å². The van der Waals surface area contributed by atoms with Crippen LogP contribution in [-0.2, 0) is 0 Å². The van der Waals surface area contributed by atoms with Gasteiger partial charge in [0.25, 0.3) is 0 Å². The molecule has 0 N–H and O–H groups in total. The van der Waals surface area contributed by atoms with Crippen LogP contribution in [0.1, 0.15) is 22.9 Å². The molecule has 114 valence electrons. The van der Waals surface area contributed by atoms with Crippen LogP contribution in [0, 0.1) is 6.92 Å². The van der Waals surface area contributed by atoms with Crippen molar-refractivity contribution in [3.8, 4) is 11.1 Å². The van der Waals surface area contributed by atoms with Gasteiger partial charge >= 0.3 is 0 Å². The minimum Gasteiger partial charge on any atom is -0.453 e. The third-order valence-electron chi connectivity index (χ3n) is 4.03. The lowest BCUT2D eigenvalue weighted by Crippen LogP contribution is -1.86. The Hall–Kier alpha value is -2.20. The number of halogens is 1. The maximum Gasteiger partial charge on any atom is 0.161 e. The van der Waals surface area contributed by atoms with E-state index in [0.29, 0.717) is 0 Å². The molecule has 0 aliphatic rings. The van der Waals surface area contributed by atoms with Crippen LogP contribution in [0.15, 0.2) is 53.3 Å². The smallest absolute Gasteiger partial charge is 0.161 e. The van der Waals surface area contributed by atoms with Crippen molar-refractivity contribution in [1.29, 1.82) is 0 Å². The Bertz CT molecular complexity index is 1010. The predicted molar refractivity (Wildman–Crippen MR) is 96.8 cm³/mol. The number of aromatic nitrogens is 2. The van der Waals surface area contributed by atoms with E-state index in [9.17, 15) is 0 Å². The zero-order valence-electron chi connectivity index (χ0n) is 12.9. The second-order valence-corrected chi connectivity index (χ2v) is 7.10. The Morgan fingerprint density at radius 2 is 2.00 bits per heavy atom. The van der Waals surface area contributed by atoms with Gasteiger partial charge in [-0.05, 0) is 37.6 Å². The van der Waals surface area contributed by atoms with Crippen LogP contribution in [0.3, 0.4) is 0 Å². The molecule has 0 bridgehead atoms. The summed E-state index contributed by atoms with van der Waals surface area (Å²) >= 11 is 3.67. The normalized spacial score (nSPS) is 12.8. The SMILES string of the molecule is Cc1cc(C(C)Br)c2oc3c(-c4cccnc4)ccnc3c2c1. The van der Waals surface area contributed by atoms with Gasteiger partial charge in [0.1, 0.15) is 11.1 Å². The van der Waals surface area contributed by atoms with Gasteiger partial charge in [0.2, 0.25) is 0 Å². The van der Waals surface area contributed by atoms with Gasteiger partial charge in [0.15, 0.2) is 5.58 Å². The van der Waals surface area contributed by atoms with Crippen LogP contribution in [0.4, 0.5) is 0 Å². The lowest BCUT2D eigenvalue weighted by atomic mass is 10.0. The van der Waals surface area contributed by atoms with E-state index in [1.54, 1.807) is 6.20 Å². The summed E-state index contributed by atoms with van der Waals surface area (Å²) in [5, 5.41) is 1.06. The Morgan fingerprint density at radius 1 is 1.13 bits per heavy atom. The molecule has 0 spiro atoms. The van der Waals surface area contributed by atoms with Crippen LogP contribution in [-0.4, -0.2) is 9.97 Å². The molecule has 0 aliphatic carbocycles. The van der Waals surface area contributed by atoms with Crippen molar-refractivity contribution in [3.05, 3.63) is 60.0 Å². The van der Waals surface area contributed by atoms with Crippen molar-refractivity contribution in [3.63, 3.8) is 0 Å². The Labute approximate surface area is 142 Å². The topological polar surface area (TPSA) is 38.9 Å².